The number of amides is 1. The molecule has 0 atom stereocenters. The number of imidazole rings is 1. The van der Waals surface area contributed by atoms with Crippen LogP contribution in [0.5, 0.6) is 0 Å². The van der Waals surface area contributed by atoms with Gasteiger partial charge < -0.3 is 23.9 Å². The second-order valence-corrected chi connectivity index (χ2v) is 10.3. The molecule has 0 unspecified atom stereocenters. The van der Waals surface area contributed by atoms with Crippen LogP contribution in [0.4, 0.5) is 0 Å². The highest BCUT2D eigenvalue weighted by molar-refractivity contribution is 9.13. The monoisotopic (exact) mass is 644 g/mol. The van der Waals surface area contributed by atoms with Gasteiger partial charge in [0.15, 0.2) is 5.16 Å². The first kappa shape index (κ1) is 27.4. The number of ether oxygens (including phenoxy) is 2. The molecule has 7 nitrogen and oxygen atoms in total. The summed E-state index contributed by atoms with van der Waals surface area (Å²) in [5.41, 5.74) is 3.36. The topological polar surface area (TPSA) is 70.3 Å². The van der Waals surface area contributed by atoms with Crippen molar-refractivity contribution in [2.24, 2.45) is 0 Å². The van der Waals surface area contributed by atoms with Gasteiger partial charge in [-0.15, -0.1) is 0 Å². The Morgan fingerprint density at radius 2 is 1.62 bits per heavy atom. The van der Waals surface area contributed by atoms with Gasteiger partial charge in [0.2, 0.25) is 0 Å². The molecule has 0 bridgehead atoms. The van der Waals surface area contributed by atoms with Crippen molar-refractivity contribution in [3.8, 4) is 0 Å². The molecule has 2 heterocycles. The Kier molecular flexibility index (Phi) is 10.2. The highest BCUT2D eigenvalue weighted by Crippen LogP contribution is 2.27. The van der Waals surface area contributed by atoms with Crippen molar-refractivity contribution >= 4 is 55.6 Å². The number of hydrogen-bond donors (Lipinski definition) is 1. The molecular formula is C27H26Br2N4O3S. The van der Waals surface area contributed by atoms with E-state index < -0.39 is 0 Å². The Morgan fingerprint density at radius 1 is 1.00 bits per heavy atom. The van der Waals surface area contributed by atoms with Gasteiger partial charge in [0, 0.05) is 12.4 Å². The number of carbonyl (C=O) groups is 1. The third-order valence-corrected chi connectivity index (χ3v) is 7.99. The smallest absolute Gasteiger partial charge is 0.271 e. The molecule has 0 spiro atoms. The fraction of sp³-hybridized carbons (Fsp3) is 0.185. The number of thioether (sulfide) groups is 1. The van der Waals surface area contributed by atoms with E-state index in [9.17, 15) is 4.79 Å². The Labute approximate surface area is 237 Å². The van der Waals surface area contributed by atoms with Crippen LogP contribution in [-0.2, 0) is 36.1 Å². The van der Waals surface area contributed by atoms with Gasteiger partial charge >= 0.3 is 0 Å². The Balaban J connectivity index is 1.34. The van der Waals surface area contributed by atoms with E-state index in [-0.39, 0.29) is 12.6 Å². The summed E-state index contributed by atoms with van der Waals surface area (Å²) in [6, 6.07) is 21.7. The predicted octanol–water partition coefficient (Wildman–Crippen LogP) is 6.68. The Bertz CT molecular complexity index is 1340. The van der Waals surface area contributed by atoms with Crippen LogP contribution in [0.15, 0.2) is 93.4 Å². The molecule has 192 valence electrons. The standard InChI is InChI=1S/C27H26Br2N4O3S/c1-37-27-31-22(15-32(27)18-35-16-20-8-4-2-5-9-20)12-13-30-26(34)24-14-23(28)25(29)33(24)19-36-17-21-10-6-3-7-11-21/h2-15H,16-19H2,1H3,(H,30,34)/b13-12-. The van der Waals surface area contributed by atoms with Gasteiger partial charge in [-0.25, -0.2) is 4.98 Å². The first-order chi connectivity index (χ1) is 18.0. The third kappa shape index (κ3) is 7.68. The van der Waals surface area contributed by atoms with Crippen LogP contribution in [0, 0.1) is 0 Å². The second-order valence-electron chi connectivity index (χ2n) is 7.95. The third-order valence-electron chi connectivity index (χ3n) is 5.30. The van der Waals surface area contributed by atoms with Crippen molar-refractivity contribution in [3.05, 3.63) is 111 Å². The number of halogens is 2. The Morgan fingerprint density at radius 3 is 2.24 bits per heavy atom. The number of nitrogens with one attached hydrogen (secondary N) is 1. The van der Waals surface area contributed by atoms with Crippen LogP contribution in [0.25, 0.3) is 6.08 Å². The number of rotatable bonds is 12. The highest BCUT2D eigenvalue weighted by atomic mass is 79.9. The number of hydrogen-bond acceptors (Lipinski definition) is 5. The van der Waals surface area contributed by atoms with E-state index in [1.807, 2.05) is 77.7 Å². The summed E-state index contributed by atoms with van der Waals surface area (Å²) < 4.78 is 16.9. The van der Waals surface area contributed by atoms with Gasteiger partial charge in [0.1, 0.15) is 23.8 Å². The zero-order valence-corrected chi connectivity index (χ0v) is 24.1. The molecule has 10 heteroatoms. The molecule has 0 aliphatic heterocycles. The normalized spacial score (nSPS) is 11.3. The van der Waals surface area contributed by atoms with Crippen molar-refractivity contribution in [3.63, 3.8) is 0 Å². The van der Waals surface area contributed by atoms with Gasteiger partial charge in [-0.2, -0.15) is 0 Å². The molecule has 4 aromatic rings. The fourth-order valence-electron chi connectivity index (χ4n) is 3.50. The molecule has 0 saturated heterocycles. The lowest BCUT2D eigenvalue weighted by molar-refractivity contribution is 0.0587. The lowest BCUT2D eigenvalue weighted by Gasteiger charge is -2.11. The highest BCUT2D eigenvalue weighted by Gasteiger charge is 2.17. The second kappa shape index (κ2) is 13.8. The maximum Gasteiger partial charge on any atom is 0.271 e. The summed E-state index contributed by atoms with van der Waals surface area (Å²) in [5, 5.41) is 3.65. The zero-order valence-electron chi connectivity index (χ0n) is 20.1. The number of aromatic nitrogens is 3. The average Bonchev–Trinajstić information content (AvgIpc) is 3.45. The molecule has 2 aromatic heterocycles. The quantitative estimate of drug-likeness (QED) is 0.174. The minimum absolute atomic E-state index is 0.220. The zero-order chi connectivity index (χ0) is 26.0. The van der Waals surface area contributed by atoms with Crippen molar-refractivity contribution in [2.45, 2.75) is 31.8 Å². The van der Waals surface area contributed by atoms with Crippen LogP contribution in [-0.4, -0.2) is 26.3 Å². The molecular weight excluding hydrogens is 620 g/mol. The SMILES string of the molecule is CSc1nc(/C=C\NC(=O)c2cc(Br)c(Br)n2COCc2ccccc2)cn1COCc1ccccc1. The molecule has 0 saturated carbocycles. The predicted molar refractivity (Wildman–Crippen MR) is 153 cm³/mol. The van der Waals surface area contributed by atoms with E-state index in [4.69, 9.17) is 9.47 Å². The van der Waals surface area contributed by atoms with Gasteiger partial charge in [0.05, 0.1) is 23.4 Å². The average molecular weight is 646 g/mol. The van der Waals surface area contributed by atoms with E-state index >= 15 is 0 Å². The molecule has 1 amide bonds. The van der Waals surface area contributed by atoms with Crippen LogP contribution in [0.2, 0.25) is 0 Å². The number of nitrogens with zero attached hydrogens (tertiary/aromatic N) is 3. The van der Waals surface area contributed by atoms with Crippen molar-refractivity contribution in [1.82, 2.24) is 19.4 Å². The summed E-state index contributed by atoms with van der Waals surface area (Å²) in [6.07, 6.45) is 7.21. The molecule has 0 radical (unpaired) electrons. The summed E-state index contributed by atoms with van der Waals surface area (Å²) >= 11 is 8.54. The number of carbonyl (C=O) groups excluding carboxylic acids is 1. The molecule has 2 aromatic carbocycles. The lowest BCUT2D eigenvalue weighted by Crippen LogP contribution is -2.21. The fourth-order valence-corrected chi connectivity index (χ4v) is 4.88. The summed E-state index contributed by atoms with van der Waals surface area (Å²) in [7, 11) is 0. The largest absolute Gasteiger partial charge is 0.356 e. The first-order valence-corrected chi connectivity index (χ1v) is 14.2. The van der Waals surface area contributed by atoms with Gasteiger partial charge in [-0.1, -0.05) is 72.4 Å². The van der Waals surface area contributed by atoms with E-state index in [0.29, 0.717) is 25.6 Å². The molecule has 4 rings (SSSR count). The van der Waals surface area contributed by atoms with Gasteiger partial charge in [-0.3, -0.25) is 4.79 Å². The van der Waals surface area contributed by atoms with E-state index in [1.165, 1.54) is 11.8 Å². The minimum atomic E-state index is -0.262. The van der Waals surface area contributed by atoms with E-state index in [0.717, 1.165) is 31.1 Å². The van der Waals surface area contributed by atoms with Crippen LogP contribution < -0.4 is 5.32 Å². The van der Waals surface area contributed by atoms with E-state index in [2.05, 4.69) is 42.2 Å². The lowest BCUT2D eigenvalue weighted by atomic mass is 10.2. The van der Waals surface area contributed by atoms with Crippen LogP contribution in [0.1, 0.15) is 27.3 Å². The minimum Gasteiger partial charge on any atom is -0.356 e. The maximum absolute atomic E-state index is 12.9. The molecule has 0 aliphatic carbocycles. The molecule has 0 fully saturated rings. The molecule has 37 heavy (non-hydrogen) atoms. The summed E-state index contributed by atoms with van der Waals surface area (Å²) in [4.78, 5) is 17.5. The Hall–Kier alpha value is -2.63. The summed E-state index contributed by atoms with van der Waals surface area (Å²) in [6.45, 7) is 1.57. The van der Waals surface area contributed by atoms with Gasteiger partial charge in [0.25, 0.3) is 5.91 Å². The maximum atomic E-state index is 12.9. The first-order valence-electron chi connectivity index (χ1n) is 11.4. The van der Waals surface area contributed by atoms with Crippen molar-refractivity contribution in [2.75, 3.05) is 6.26 Å². The van der Waals surface area contributed by atoms with Crippen LogP contribution in [0.3, 0.4) is 0 Å². The van der Waals surface area contributed by atoms with E-state index in [1.54, 1.807) is 22.9 Å². The molecule has 1 N–H and O–H groups in total. The molecule has 0 aliphatic rings. The van der Waals surface area contributed by atoms with Crippen molar-refractivity contribution in [1.29, 1.82) is 0 Å². The van der Waals surface area contributed by atoms with Gasteiger partial charge in [-0.05, 0) is 61.4 Å². The van der Waals surface area contributed by atoms with Crippen LogP contribution >= 0.6 is 43.6 Å². The van der Waals surface area contributed by atoms with Crippen molar-refractivity contribution < 1.29 is 14.3 Å². The number of benzene rings is 2. The summed E-state index contributed by atoms with van der Waals surface area (Å²) in [5.74, 6) is -0.262.